The second-order valence-corrected chi connectivity index (χ2v) is 5.09. The van der Waals surface area contributed by atoms with Gasteiger partial charge in [-0.25, -0.2) is 0 Å². The Morgan fingerprint density at radius 3 is 2.43 bits per heavy atom. The Bertz CT molecular complexity index is 546. The van der Waals surface area contributed by atoms with E-state index in [1.807, 2.05) is 0 Å². The maximum atomic E-state index is 12.0. The molecule has 21 heavy (non-hydrogen) atoms. The topological polar surface area (TPSA) is 78.5 Å². The Morgan fingerprint density at radius 2 is 1.86 bits per heavy atom. The molecule has 1 rings (SSSR count). The molecule has 0 unspecified atom stereocenters. The average Bonchev–Trinajstić information content (AvgIpc) is 2.44. The number of carbonyl (C=O) groups excluding carboxylic acids is 3. The minimum absolute atomic E-state index is 0.113. The van der Waals surface area contributed by atoms with E-state index in [4.69, 9.17) is 11.6 Å². The molecule has 7 heteroatoms. The van der Waals surface area contributed by atoms with E-state index in [1.54, 1.807) is 38.4 Å². The van der Waals surface area contributed by atoms with Crippen molar-refractivity contribution >= 4 is 29.3 Å². The number of likely N-dealkylation sites (N-methyl/N-ethyl adjacent to an activating group) is 1. The molecule has 1 aromatic rings. The van der Waals surface area contributed by atoms with Crippen LogP contribution >= 0.6 is 11.6 Å². The SMILES string of the molecule is C[C@H](NC(=O)c1ccccc1Cl)C(=O)NCC(=O)N(C)C. The minimum Gasteiger partial charge on any atom is -0.347 e. The van der Waals surface area contributed by atoms with Gasteiger partial charge in [0.05, 0.1) is 17.1 Å². The average molecular weight is 312 g/mol. The van der Waals surface area contributed by atoms with Gasteiger partial charge in [-0.15, -0.1) is 0 Å². The lowest BCUT2D eigenvalue weighted by molar-refractivity contribution is -0.131. The number of rotatable bonds is 5. The van der Waals surface area contributed by atoms with Crippen LogP contribution in [0.5, 0.6) is 0 Å². The lowest BCUT2D eigenvalue weighted by Crippen LogP contribution is -2.47. The van der Waals surface area contributed by atoms with Crippen molar-refractivity contribution in [2.24, 2.45) is 0 Å². The fourth-order valence-electron chi connectivity index (χ4n) is 1.46. The Kier molecular flexibility index (Phi) is 6.17. The first-order valence-electron chi connectivity index (χ1n) is 6.36. The smallest absolute Gasteiger partial charge is 0.253 e. The molecule has 3 amide bonds. The molecule has 0 radical (unpaired) electrons. The number of amides is 3. The summed E-state index contributed by atoms with van der Waals surface area (Å²) in [6.45, 7) is 1.42. The van der Waals surface area contributed by atoms with Gasteiger partial charge in [0, 0.05) is 14.1 Å². The lowest BCUT2D eigenvalue weighted by Gasteiger charge is -2.16. The van der Waals surface area contributed by atoms with Crippen LogP contribution in [0.3, 0.4) is 0 Å². The van der Waals surface area contributed by atoms with Crippen LogP contribution in [-0.4, -0.2) is 49.3 Å². The normalized spacial score (nSPS) is 11.4. The Labute approximate surface area is 128 Å². The molecule has 0 aliphatic rings. The number of nitrogens with zero attached hydrogens (tertiary/aromatic N) is 1. The molecule has 0 aliphatic heterocycles. The highest BCUT2D eigenvalue weighted by atomic mass is 35.5. The van der Waals surface area contributed by atoms with Crippen molar-refractivity contribution in [2.75, 3.05) is 20.6 Å². The fraction of sp³-hybridized carbons (Fsp3) is 0.357. The molecule has 0 aromatic heterocycles. The molecule has 0 spiro atoms. The van der Waals surface area contributed by atoms with Crippen LogP contribution in [0, 0.1) is 0 Å². The van der Waals surface area contributed by atoms with E-state index in [0.29, 0.717) is 10.6 Å². The van der Waals surface area contributed by atoms with Gasteiger partial charge in [-0.3, -0.25) is 14.4 Å². The first-order valence-corrected chi connectivity index (χ1v) is 6.74. The Balaban J connectivity index is 2.55. The summed E-state index contributed by atoms with van der Waals surface area (Å²) in [5.74, 6) is -1.11. The zero-order valence-electron chi connectivity index (χ0n) is 12.1. The maximum Gasteiger partial charge on any atom is 0.253 e. The van der Waals surface area contributed by atoms with E-state index >= 15 is 0 Å². The molecule has 0 heterocycles. The van der Waals surface area contributed by atoms with Crippen LogP contribution < -0.4 is 10.6 Å². The summed E-state index contributed by atoms with van der Waals surface area (Å²) in [5, 5.41) is 5.30. The molecular weight excluding hydrogens is 294 g/mol. The van der Waals surface area contributed by atoms with Gasteiger partial charge in [-0.1, -0.05) is 23.7 Å². The molecule has 114 valence electrons. The van der Waals surface area contributed by atoms with Crippen LogP contribution in [0.2, 0.25) is 5.02 Å². The molecule has 0 saturated heterocycles. The Morgan fingerprint density at radius 1 is 1.24 bits per heavy atom. The number of carbonyl (C=O) groups is 3. The van der Waals surface area contributed by atoms with Crippen LogP contribution in [0.4, 0.5) is 0 Å². The third-order valence-electron chi connectivity index (χ3n) is 2.77. The summed E-state index contributed by atoms with van der Waals surface area (Å²) in [6.07, 6.45) is 0. The molecule has 2 N–H and O–H groups in total. The van der Waals surface area contributed by atoms with Crippen LogP contribution in [0.15, 0.2) is 24.3 Å². The number of benzene rings is 1. The summed E-state index contributed by atoms with van der Waals surface area (Å²) >= 11 is 5.91. The molecule has 0 aliphatic carbocycles. The number of nitrogens with one attached hydrogen (secondary N) is 2. The highest BCUT2D eigenvalue weighted by Gasteiger charge is 2.18. The van der Waals surface area contributed by atoms with Gasteiger partial charge in [0.25, 0.3) is 5.91 Å². The lowest BCUT2D eigenvalue weighted by atomic mass is 10.2. The molecule has 1 aromatic carbocycles. The monoisotopic (exact) mass is 311 g/mol. The van der Waals surface area contributed by atoms with Gasteiger partial charge < -0.3 is 15.5 Å². The van der Waals surface area contributed by atoms with Crippen molar-refractivity contribution in [3.63, 3.8) is 0 Å². The van der Waals surface area contributed by atoms with Crippen molar-refractivity contribution in [2.45, 2.75) is 13.0 Å². The van der Waals surface area contributed by atoms with E-state index < -0.39 is 17.9 Å². The van der Waals surface area contributed by atoms with Crippen LogP contribution in [-0.2, 0) is 9.59 Å². The predicted octanol–water partition coefficient (Wildman–Crippen LogP) is 0.663. The van der Waals surface area contributed by atoms with E-state index in [1.165, 1.54) is 11.8 Å². The Hall–Kier alpha value is -2.08. The molecular formula is C14H18ClN3O3. The number of hydrogen-bond acceptors (Lipinski definition) is 3. The van der Waals surface area contributed by atoms with Crippen molar-refractivity contribution in [3.05, 3.63) is 34.9 Å². The standard InChI is InChI=1S/C14H18ClN3O3/c1-9(13(20)16-8-12(19)18(2)3)17-14(21)10-6-4-5-7-11(10)15/h4-7,9H,8H2,1-3H3,(H,16,20)(H,17,21)/t9-/m0/s1. The molecule has 6 nitrogen and oxygen atoms in total. The van der Waals surface area contributed by atoms with Gasteiger partial charge in [0.1, 0.15) is 6.04 Å². The second-order valence-electron chi connectivity index (χ2n) is 4.68. The summed E-state index contributed by atoms with van der Waals surface area (Å²) in [5.41, 5.74) is 0.295. The van der Waals surface area contributed by atoms with Crippen molar-refractivity contribution < 1.29 is 14.4 Å². The van der Waals surface area contributed by atoms with Gasteiger partial charge in [0.15, 0.2) is 0 Å². The fourth-order valence-corrected chi connectivity index (χ4v) is 1.68. The highest BCUT2D eigenvalue weighted by Crippen LogP contribution is 2.14. The van der Waals surface area contributed by atoms with E-state index in [0.717, 1.165) is 0 Å². The first kappa shape index (κ1) is 17.0. The highest BCUT2D eigenvalue weighted by molar-refractivity contribution is 6.33. The quantitative estimate of drug-likeness (QED) is 0.838. The van der Waals surface area contributed by atoms with Crippen LogP contribution in [0.1, 0.15) is 17.3 Å². The first-order chi connectivity index (χ1) is 9.82. The summed E-state index contributed by atoms with van der Waals surface area (Å²) in [4.78, 5) is 36.5. The summed E-state index contributed by atoms with van der Waals surface area (Å²) < 4.78 is 0. The zero-order chi connectivity index (χ0) is 16.0. The number of hydrogen-bond donors (Lipinski definition) is 2. The van der Waals surface area contributed by atoms with E-state index in [2.05, 4.69) is 10.6 Å². The van der Waals surface area contributed by atoms with Crippen LogP contribution in [0.25, 0.3) is 0 Å². The molecule has 1 atom stereocenters. The van der Waals surface area contributed by atoms with E-state index in [-0.39, 0.29) is 12.5 Å². The van der Waals surface area contributed by atoms with Gasteiger partial charge in [-0.2, -0.15) is 0 Å². The number of halogens is 1. The summed E-state index contributed by atoms with van der Waals surface area (Å²) in [6, 6.07) is 5.78. The molecule has 0 fully saturated rings. The summed E-state index contributed by atoms with van der Waals surface area (Å²) in [7, 11) is 3.19. The van der Waals surface area contributed by atoms with Gasteiger partial charge in [0.2, 0.25) is 11.8 Å². The van der Waals surface area contributed by atoms with E-state index in [9.17, 15) is 14.4 Å². The van der Waals surface area contributed by atoms with Gasteiger partial charge >= 0.3 is 0 Å². The molecule has 0 saturated carbocycles. The zero-order valence-corrected chi connectivity index (χ0v) is 12.9. The van der Waals surface area contributed by atoms with Crippen molar-refractivity contribution in [1.29, 1.82) is 0 Å². The third kappa shape index (κ3) is 5.07. The maximum absolute atomic E-state index is 12.0. The van der Waals surface area contributed by atoms with Crippen molar-refractivity contribution in [1.82, 2.24) is 15.5 Å². The molecule has 0 bridgehead atoms. The largest absolute Gasteiger partial charge is 0.347 e. The second kappa shape index (κ2) is 7.64. The third-order valence-corrected chi connectivity index (χ3v) is 3.10. The minimum atomic E-state index is -0.774. The van der Waals surface area contributed by atoms with Crippen molar-refractivity contribution in [3.8, 4) is 0 Å². The van der Waals surface area contributed by atoms with Gasteiger partial charge in [-0.05, 0) is 19.1 Å². The predicted molar refractivity (Wildman–Crippen MR) is 80.1 cm³/mol.